The number of hydrogen-bond acceptors (Lipinski definition) is 4. The number of aldehydes is 1. The lowest BCUT2D eigenvalue weighted by molar-refractivity contribution is -0.125. The van der Waals surface area contributed by atoms with Gasteiger partial charge < -0.3 is 14.4 Å². The Balaban J connectivity index is 1.92. The highest BCUT2D eigenvalue weighted by molar-refractivity contribution is 9.11. The minimum atomic E-state index is -0.305. The number of nitrogens with zero attached hydrogens (tertiary/aromatic N) is 1. The summed E-state index contributed by atoms with van der Waals surface area (Å²) in [5.74, 6) is 0. The summed E-state index contributed by atoms with van der Waals surface area (Å²) >= 11 is 5.16. The maximum absolute atomic E-state index is 11.4. The van der Waals surface area contributed by atoms with Crippen LogP contribution < -0.4 is 0 Å². The van der Waals surface area contributed by atoms with Crippen LogP contribution in [-0.2, 0) is 16.1 Å². The van der Waals surface area contributed by atoms with Crippen molar-refractivity contribution in [1.82, 2.24) is 4.90 Å². The molecule has 1 saturated heterocycles. The molecular weight excluding hydrogens is 314 g/mol. The molecule has 0 saturated carbocycles. The van der Waals surface area contributed by atoms with Crippen molar-refractivity contribution in [2.75, 3.05) is 26.8 Å². The number of hydrogen-bond donors (Lipinski definition) is 0. The van der Waals surface area contributed by atoms with Crippen molar-refractivity contribution in [3.63, 3.8) is 0 Å². The predicted molar refractivity (Wildman–Crippen MR) is 76.9 cm³/mol. The van der Waals surface area contributed by atoms with Gasteiger partial charge in [-0.3, -0.25) is 0 Å². The molecule has 0 N–H and O–H groups in total. The Morgan fingerprint density at radius 2 is 2.50 bits per heavy atom. The molecule has 0 aromatic carbocycles. The number of carbonyl (C=O) groups is 1. The van der Waals surface area contributed by atoms with E-state index in [2.05, 4.69) is 39.3 Å². The van der Waals surface area contributed by atoms with Gasteiger partial charge in [0.1, 0.15) is 6.29 Å². The molecule has 0 amide bonds. The number of ether oxygens (including phenoxy) is 1. The van der Waals surface area contributed by atoms with E-state index >= 15 is 0 Å². The Bertz CT molecular complexity index is 401. The topological polar surface area (TPSA) is 29.5 Å². The maximum atomic E-state index is 11.4. The van der Waals surface area contributed by atoms with Crippen molar-refractivity contribution >= 4 is 33.6 Å². The summed E-state index contributed by atoms with van der Waals surface area (Å²) < 4.78 is 6.62. The van der Waals surface area contributed by atoms with Crippen LogP contribution in [0.4, 0.5) is 0 Å². The standard InChI is InChI=1S/C13H18BrNO2S/c1-15(6-11-5-12(14)18-7-11)8-13(9-16)3-2-4-17-10-13/h5,7,9H,2-4,6,8,10H2,1H3. The molecule has 0 spiro atoms. The average molecular weight is 332 g/mol. The first-order chi connectivity index (χ1) is 8.63. The smallest absolute Gasteiger partial charge is 0.129 e. The second-order valence-electron chi connectivity index (χ2n) is 5.07. The fourth-order valence-electron chi connectivity index (χ4n) is 2.46. The normalized spacial score (nSPS) is 24.4. The van der Waals surface area contributed by atoms with Crippen LogP contribution in [0.3, 0.4) is 0 Å². The van der Waals surface area contributed by atoms with Crippen LogP contribution in [0, 0.1) is 5.41 Å². The summed E-state index contributed by atoms with van der Waals surface area (Å²) in [4.78, 5) is 13.6. The molecule has 1 aliphatic rings. The Hall–Kier alpha value is -0.230. The van der Waals surface area contributed by atoms with Crippen LogP contribution in [0.1, 0.15) is 18.4 Å². The quantitative estimate of drug-likeness (QED) is 0.777. The van der Waals surface area contributed by atoms with Crippen molar-refractivity contribution < 1.29 is 9.53 Å². The van der Waals surface area contributed by atoms with E-state index in [4.69, 9.17) is 4.74 Å². The molecule has 18 heavy (non-hydrogen) atoms. The molecule has 3 nitrogen and oxygen atoms in total. The highest BCUT2D eigenvalue weighted by Crippen LogP contribution is 2.28. The zero-order chi connectivity index (χ0) is 13.0. The van der Waals surface area contributed by atoms with Gasteiger partial charge in [0.25, 0.3) is 0 Å². The molecule has 1 aromatic heterocycles. The molecule has 1 aromatic rings. The van der Waals surface area contributed by atoms with Crippen LogP contribution in [0.2, 0.25) is 0 Å². The molecule has 0 aliphatic carbocycles. The van der Waals surface area contributed by atoms with Crippen molar-refractivity contribution in [3.8, 4) is 0 Å². The van der Waals surface area contributed by atoms with Crippen LogP contribution in [0.25, 0.3) is 0 Å². The van der Waals surface area contributed by atoms with Gasteiger partial charge in [-0.15, -0.1) is 11.3 Å². The summed E-state index contributed by atoms with van der Waals surface area (Å²) in [6.07, 6.45) is 3.01. The number of carbonyl (C=O) groups excluding carboxylic acids is 1. The van der Waals surface area contributed by atoms with Crippen LogP contribution in [0.5, 0.6) is 0 Å². The highest BCUT2D eigenvalue weighted by atomic mass is 79.9. The zero-order valence-electron chi connectivity index (χ0n) is 10.5. The Labute approximate surface area is 120 Å². The molecule has 1 fully saturated rings. The van der Waals surface area contributed by atoms with Gasteiger partial charge in [0.15, 0.2) is 0 Å². The first-order valence-corrected chi connectivity index (χ1v) is 7.76. The minimum absolute atomic E-state index is 0.305. The molecular formula is C13H18BrNO2S. The van der Waals surface area contributed by atoms with E-state index in [1.165, 1.54) is 5.56 Å². The van der Waals surface area contributed by atoms with E-state index in [0.29, 0.717) is 6.61 Å². The van der Waals surface area contributed by atoms with E-state index in [-0.39, 0.29) is 5.41 Å². The van der Waals surface area contributed by atoms with Gasteiger partial charge in [-0.05, 0) is 52.8 Å². The fourth-order valence-corrected chi connectivity index (χ4v) is 3.66. The third-order valence-electron chi connectivity index (χ3n) is 3.26. The van der Waals surface area contributed by atoms with Crippen molar-refractivity contribution in [2.24, 2.45) is 5.41 Å². The number of thiophene rings is 1. The first kappa shape index (κ1) is 14.2. The molecule has 1 unspecified atom stereocenters. The van der Waals surface area contributed by atoms with E-state index in [9.17, 15) is 4.79 Å². The third-order valence-corrected chi connectivity index (χ3v) is 4.82. The number of rotatable bonds is 5. The summed E-state index contributed by atoms with van der Waals surface area (Å²) in [7, 11) is 2.06. The predicted octanol–water partition coefficient (Wildman–Crippen LogP) is 2.94. The molecule has 2 heterocycles. The Kier molecular flexibility index (Phi) is 4.95. The van der Waals surface area contributed by atoms with Crippen LogP contribution in [-0.4, -0.2) is 38.0 Å². The van der Waals surface area contributed by atoms with Crippen LogP contribution in [0.15, 0.2) is 15.2 Å². The summed E-state index contributed by atoms with van der Waals surface area (Å²) in [5, 5.41) is 2.14. The van der Waals surface area contributed by atoms with Gasteiger partial charge in [-0.1, -0.05) is 0 Å². The Morgan fingerprint density at radius 3 is 3.06 bits per heavy atom. The summed E-state index contributed by atoms with van der Waals surface area (Å²) in [5.41, 5.74) is 0.979. The zero-order valence-corrected chi connectivity index (χ0v) is 12.9. The van der Waals surface area contributed by atoms with Gasteiger partial charge in [0, 0.05) is 19.7 Å². The van der Waals surface area contributed by atoms with Gasteiger partial charge >= 0.3 is 0 Å². The lowest BCUT2D eigenvalue weighted by Crippen LogP contribution is -2.42. The van der Waals surface area contributed by atoms with Crippen molar-refractivity contribution in [3.05, 3.63) is 20.8 Å². The summed E-state index contributed by atoms with van der Waals surface area (Å²) in [6.45, 7) is 2.99. The highest BCUT2D eigenvalue weighted by Gasteiger charge is 2.33. The lowest BCUT2D eigenvalue weighted by Gasteiger charge is -2.35. The largest absolute Gasteiger partial charge is 0.380 e. The van der Waals surface area contributed by atoms with Crippen molar-refractivity contribution in [2.45, 2.75) is 19.4 Å². The van der Waals surface area contributed by atoms with E-state index < -0.39 is 0 Å². The van der Waals surface area contributed by atoms with Crippen LogP contribution >= 0.6 is 27.3 Å². The molecule has 1 aliphatic heterocycles. The van der Waals surface area contributed by atoms with E-state index in [1.54, 1.807) is 11.3 Å². The maximum Gasteiger partial charge on any atom is 0.129 e. The van der Waals surface area contributed by atoms with E-state index in [0.717, 1.165) is 42.6 Å². The Morgan fingerprint density at radius 1 is 1.67 bits per heavy atom. The number of halogens is 1. The SMILES string of the molecule is CN(Cc1csc(Br)c1)CC1(C=O)CCCOC1. The fraction of sp³-hybridized carbons (Fsp3) is 0.615. The molecule has 100 valence electrons. The average Bonchev–Trinajstić information content (AvgIpc) is 2.75. The summed E-state index contributed by atoms with van der Waals surface area (Å²) in [6, 6.07) is 2.13. The van der Waals surface area contributed by atoms with Crippen molar-refractivity contribution in [1.29, 1.82) is 0 Å². The van der Waals surface area contributed by atoms with Gasteiger partial charge in [0.05, 0.1) is 15.8 Å². The monoisotopic (exact) mass is 331 g/mol. The minimum Gasteiger partial charge on any atom is -0.380 e. The molecule has 5 heteroatoms. The second-order valence-corrected chi connectivity index (χ2v) is 7.36. The van der Waals surface area contributed by atoms with E-state index in [1.807, 2.05) is 0 Å². The molecule has 0 radical (unpaired) electrons. The lowest BCUT2D eigenvalue weighted by atomic mass is 9.83. The van der Waals surface area contributed by atoms with Gasteiger partial charge in [0.2, 0.25) is 0 Å². The first-order valence-electron chi connectivity index (χ1n) is 6.09. The molecule has 0 bridgehead atoms. The third kappa shape index (κ3) is 3.63. The second kappa shape index (κ2) is 6.28. The van der Waals surface area contributed by atoms with Gasteiger partial charge in [-0.2, -0.15) is 0 Å². The molecule has 2 rings (SSSR count). The molecule has 1 atom stereocenters. The van der Waals surface area contributed by atoms with Gasteiger partial charge in [-0.25, -0.2) is 0 Å².